The number of phenolic OH excluding ortho intramolecular Hbond substituents is 1. The third-order valence-corrected chi connectivity index (χ3v) is 1.95. The van der Waals surface area contributed by atoms with Crippen molar-refractivity contribution in [2.75, 3.05) is 7.11 Å². The number of esters is 1. The average Bonchev–Trinajstić information content (AvgIpc) is 2.25. The minimum absolute atomic E-state index is 0.380. The quantitative estimate of drug-likeness (QED) is 0.769. The zero-order valence-electron chi connectivity index (χ0n) is 8.50. The summed E-state index contributed by atoms with van der Waals surface area (Å²) in [6, 6.07) is 2.41. The molecule has 1 N–H and O–H groups in total. The fraction of sp³-hybridized carbons (Fsp3) is 0.200. The van der Waals surface area contributed by atoms with Crippen molar-refractivity contribution in [1.29, 1.82) is 5.26 Å². The molecule has 7 heteroatoms. The molecule has 0 saturated carbocycles. The number of phenols is 1. The van der Waals surface area contributed by atoms with E-state index in [0.717, 1.165) is 13.2 Å². The van der Waals surface area contributed by atoms with Crippen LogP contribution >= 0.6 is 0 Å². The van der Waals surface area contributed by atoms with Gasteiger partial charge in [-0.15, -0.1) is 0 Å². The maximum absolute atomic E-state index is 12.5. The Morgan fingerprint density at radius 3 is 2.47 bits per heavy atom. The molecule has 0 aliphatic carbocycles. The Balaban J connectivity index is 3.59. The van der Waals surface area contributed by atoms with Crippen LogP contribution in [0.2, 0.25) is 0 Å². The summed E-state index contributed by atoms with van der Waals surface area (Å²) in [4.78, 5) is 11.2. The predicted octanol–water partition coefficient (Wildman–Crippen LogP) is 2.07. The van der Waals surface area contributed by atoms with E-state index < -0.39 is 34.6 Å². The highest BCUT2D eigenvalue weighted by Crippen LogP contribution is 2.35. The molecule has 0 bridgehead atoms. The lowest BCUT2D eigenvalue weighted by molar-refractivity contribution is -0.137. The Morgan fingerprint density at radius 2 is 2.06 bits per heavy atom. The second kappa shape index (κ2) is 4.33. The number of hydrogen-bond acceptors (Lipinski definition) is 4. The lowest BCUT2D eigenvalue weighted by atomic mass is 10.0. The number of carbonyl (C=O) groups excluding carboxylic acids is 1. The van der Waals surface area contributed by atoms with Gasteiger partial charge in [-0.2, -0.15) is 18.4 Å². The van der Waals surface area contributed by atoms with Crippen LogP contribution in [0.15, 0.2) is 12.1 Å². The van der Waals surface area contributed by atoms with E-state index in [0.29, 0.717) is 6.07 Å². The molecule has 0 unspecified atom stereocenters. The zero-order valence-corrected chi connectivity index (χ0v) is 8.50. The van der Waals surface area contributed by atoms with Gasteiger partial charge in [0.25, 0.3) is 0 Å². The minimum Gasteiger partial charge on any atom is -0.508 e. The van der Waals surface area contributed by atoms with E-state index in [1.807, 2.05) is 0 Å². The molecule has 1 aromatic carbocycles. The summed E-state index contributed by atoms with van der Waals surface area (Å²) in [6.07, 6.45) is -4.84. The molecule has 0 aliphatic heterocycles. The van der Waals surface area contributed by atoms with E-state index in [1.54, 1.807) is 0 Å². The van der Waals surface area contributed by atoms with Gasteiger partial charge in [0.05, 0.1) is 23.8 Å². The van der Waals surface area contributed by atoms with Gasteiger partial charge in [0.15, 0.2) is 0 Å². The van der Waals surface area contributed by atoms with E-state index in [1.165, 1.54) is 6.07 Å². The maximum atomic E-state index is 12.5. The fourth-order valence-corrected chi connectivity index (χ4v) is 1.24. The lowest BCUT2D eigenvalue weighted by Gasteiger charge is -2.11. The number of rotatable bonds is 1. The Bertz CT molecular complexity index is 503. The smallest absolute Gasteiger partial charge is 0.417 e. The first kappa shape index (κ1) is 12.8. The number of benzene rings is 1. The van der Waals surface area contributed by atoms with Crippen LogP contribution in [0, 0.1) is 11.3 Å². The Morgan fingerprint density at radius 1 is 1.47 bits per heavy atom. The molecule has 0 aliphatic rings. The van der Waals surface area contributed by atoms with Gasteiger partial charge in [0.2, 0.25) is 0 Å². The maximum Gasteiger partial charge on any atom is 0.417 e. The number of alkyl halides is 3. The van der Waals surface area contributed by atoms with Crippen molar-refractivity contribution in [3.63, 3.8) is 0 Å². The number of hydrogen-bond donors (Lipinski definition) is 1. The fourth-order valence-electron chi connectivity index (χ4n) is 1.24. The molecule has 17 heavy (non-hydrogen) atoms. The van der Waals surface area contributed by atoms with Crippen LogP contribution in [0.25, 0.3) is 0 Å². The topological polar surface area (TPSA) is 70.3 Å². The minimum atomic E-state index is -4.84. The van der Waals surface area contributed by atoms with E-state index in [9.17, 15) is 18.0 Å². The van der Waals surface area contributed by atoms with Gasteiger partial charge in [0.1, 0.15) is 11.8 Å². The summed E-state index contributed by atoms with van der Waals surface area (Å²) in [6.45, 7) is 0. The largest absolute Gasteiger partial charge is 0.508 e. The van der Waals surface area contributed by atoms with Crippen LogP contribution in [0.1, 0.15) is 21.5 Å². The van der Waals surface area contributed by atoms with Crippen molar-refractivity contribution in [3.8, 4) is 11.8 Å². The molecule has 0 spiro atoms. The van der Waals surface area contributed by atoms with Gasteiger partial charge >= 0.3 is 12.1 Å². The van der Waals surface area contributed by atoms with Gasteiger partial charge in [-0.3, -0.25) is 0 Å². The van der Waals surface area contributed by atoms with Gasteiger partial charge in [0, 0.05) is 0 Å². The number of nitrogens with zero attached hydrogens (tertiary/aromatic N) is 1. The van der Waals surface area contributed by atoms with Crippen LogP contribution in [0.5, 0.6) is 5.75 Å². The first-order valence-electron chi connectivity index (χ1n) is 4.24. The normalized spacial score (nSPS) is 10.8. The Kier molecular flexibility index (Phi) is 3.27. The lowest BCUT2D eigenvalue weighted by Crippen LogP contribution is -2.13. The highest BCUT2D eigenvalue weighted by atomic mass is 19.4. The average molecular weight is 245 g/mol. The summed E-state index contributed by atoms with van der Waals surface area (Å²) in [5.41, 5.74) is -2.87. The van der Waals surface area contributed by atoms with Gasteiger partial charge in [-0.1, -0.05) is 0 Å². The van der Waals surface area contributed by atoms with Crippen molar-refractivity contribution >= 4 is 5.97 Å². The molecule has 0 saturated heterocycles. The SMILES string of the molecule is COC(=O)c1cc(O)cc(C(F)(F)F)c1C#N. The number of halogens is 3. The molecular formula is C10H6F3NO3. The van der Waals surface area contributed by atoms with Crippen LogP contribution in [0.3, 0.4) is 0 Å². The number of carbonyl (C=O) groups is 1. The van der Waals surface area contributed by atoms with Crippen molar-refractivity contribution < 1.29 is 27.8 Å². The standard InChI is InChI=1S/C10H6F3NO3/c1-17-9(16)6-2-5(15)3-8(7(6)4-14)10(11,12)13/h2-3,15H,1H3. The van der Waals surface area contributed by atoms with E-state index in [2.05, 4.69) is 4.74 Å². The Hall–Kier alpha value is -2.23. The van der Waals surface area contributed by atoms with E-state index >= 15 is 0 Å². The molecule has 4 nitrogen and oxygen atoms in total. The van der Waals surface area contributed by atoms with Crippen molar-refractivity contribution in [3.05, 3.63) is 28.8 Å². The van der Waals surface area contributed by atoms with Crippen LogP contribution in [-0.2, 0) is 10.9 Å². The summed E-state index contributed by atoms with van der Waals surface area (Å²) in [5, 5.41) is 17.8. The molecule has 0 fully saturated rings. The molecule has 0 heterocycles. The number of ether oxygens (including phenoxy) is 1. The number of nitriles is 1. The Labute approximate surface area is 93.8 Å². The molecular weight excluding hydrogens is 239 g/mol. The first-order valence-corrected chi connectivity index (χ1v) is 4.24. The van der Waals surface area contributed by atoms with Crippen LogP contribution in [-0.4, -0.2) is 18.2 Å². The summed E-state index contributed by atoms with van der Waals surface area (Å²) in [5.74, 6) is -1.89. The van der Waals surface area contributed by atoms with E-state index in [4.69, 9.17) is 10.4 Å². The number of methoxy groups -OCH3 is 1. The molecule has 0 aromatic heterocycles. The summed E-state index contributed by atoms with van der Waals surface area (Å²) < 4.78 is 41.9. The van der Waals surface area contributed by atoms with Crippen molar-refractivity contribution in [2.24, 2.45) is 0 Å². The second-order valence-corrected chi connectivity index (χ2v) is 3.02. The van der Waals surface area contributed by atoms with Gasteiger partial charge < -0.3 is 9.84 Å². The molecule has 90 valence electrons. The molecule has 0 amide bonds. The monoisotopic (exact) mass is 245 g/mol. The third kappa shape index (κ3) is 2.47. The summed E-state index contributed by atoms with van der Waals surface area (Å²) in [7, 11) is 0.959. The molecule has 0 atom stereocenters. The molecule has 0 radical (unpaired) electrons. The predicted molar refractivity (Wildman–Crippen MR) is 49.2 cm³/mol. The highest BCUT2D eigenvalue weighted by molar-refractivity contribution is 5.93. The first-order chi connectivity index (χ1) is 7.81. The second-order valence-electron chi connectivity index (χ2n) is 3.02. The zero-order chi connectivity index (χ0) is 13.2. The molecule has 1 rings (SSSR count). The molecule has 1 aromatic rings. The summed E-state index contributed by atoms with van der Waals surface area (Å²) >= 11 is 0. The number of aromatic hydroxyl groups is 1. The van der Waals surface area contributed by atoms with Gasteiger partial charge in [-0.25, -0.2) is 4.79 Å². The highest BCUT2D eigenvalue weighted by Gasteiger charge is 2.36. The van der Waals surface area contributed by atoms with Crippen LogP contribution < -0.4 is 0 Å². The van der Waals surface area contributed by atoms with Gasteiger partial charge in [-0.05, 0) is 12.1 Å². The van der Waals surface area contributed by atoms with Crippen molar-refractivity contribution in [2.45, 2.75) is 6.18 Å². The third-order valence-electron chi connectivity index (χ3n) is 1.95. The van der Waals surface area contributed by atoms with Crippen molar-refractivity contribution in [1.82, 2.24) is 0 Å². The van der Waals surface area contributed by atoms with Crippen LogP contribution in [0.4, 0.5) is 13.2 Å². The van der Waals surface area contributed by atoms with E-state index in [-0.39, 0.29) is 0 Å².